The number of aryl methyl sites for hydroxylation is 1. The van der Waals surface area contributed by atoms with Crippen LogP contribution in [0.2, 0.25) is 0 Å². The molecule has 0 aromatic carbocycles. The van der Waals surface area contributed by atoms with Crippen LogP contribution in [-0.2, 0) is 6.54 Å². The van der Waals surface area contributed by atoms with E-state index in [4.69, 9.17) is 5.73 Å². The molecule has 1 aliphatic heterocycles. The van der Waals surface area contributed by atoms with Crippen molar-refractivity contribution in [2.45, 2.75) is 39.2 Å². The van der Waals surface area contributed by atoms with Crippen LogP contribution in [0.5, 0.6) is 0 Å². The monoisotopic (exact) mass is 418 g/mol. The third kappa shape index (κ3) is 5.98. The third-order valence-electron chi connectivity index (χ3n) is 4.09. The van der Waals surface area contributed by atoms with Gasteiger partial charge in [-0.25, -0.2) is 0 Å². The van der Waals surface area contributed by atoms with Crippen molar-refractivity contribution in [3.63, 3.8) is 0 Å². The Kier molecular flexibility index (Phi) is 8.52. The highest BCUT2D eigenvalue weighted by molar-refractivity contribution is 14.0. The van der Waals surface area contributed by atoms with Crippen LogP contribution in [0.25, 0.3) is 0 Å². The van der Waals surface area contributed by atoms with E-state index in [-0.39, 0.29) is 29.5 Å². The summed E-state index contributed by atoms with van der Waals surface area (Å²) in [6.07, 6.45) is 6.12. The molecule has 1 fully saturated rings. The number of piperidine rings is 1. The van der Waals surface area contributed by atoms with Crippen LogP contribution in [-0.4, -0.2) is 35.1 Å². The Bertz CT molecular complexity index is 521. The molecule has 0 bridgehead atoms. The molecule has 0 unspecified atom stereocenters. The summed E-state index contributed by atoms with van der Waals surface area (Å²) in [7, 11) is 0. The molecule has 2 heterocycles. The molecule has 0 atom stereocenters. The maximum atomic E-state index is 11.5. The van der Waals surface area contributed by atoms with Gasteiger partial charge >= 0.3 is 0 Å². The van der Waals surface area contributed by atoms with Crippen molar-refractivity contribution >= 4 is 29.9 Å². The number of rotatable bonds is 5. The number of hydrogen-bond donors (Lipinski definition) is 1. The van der Waals surface area contributed by atoms with E-state index < -0.39 is 0 Å². The number of guanidine groups is 1. The van der Waals surface area contributed by atoms with E-state index in [1.807, 2.05) is 12.3 Å². The highest BCUT2D eigenvalue weighted by Crippen LogP contribution is 2.15. The average Bonchev–Trinajstić information content (AvgIpc) is 2.49. The molecule has 2 rings (SSSR count). The van der Waals surface area contributed by atoms with Crippen LogP contribution in [0.1, 0.15) is 32.6 Å². The van der Waals surface area contributed by atoms with Crippen LogP contribution in [0.4, 0.5) is 0 Å². The Labute approximate surface area is 149 Å². The van der Waals surface area contributed by atoms with E-state index in [9.17, 15) is 4.79 Å². The highest BCUT2D eigenvalue weighted by atomic mass is 127. The minimum absolute atomic E-state index is 0. The topological polar surface area (TPSA) is 63.6 Å². The molecule has 0 radical (unpaired) electrons. The Hall–Kier alpha value is -1.05. The second-order valence-corrected chi connectivity index (χ2v) is 5.85. The number of nitrogens with zero attached hydrogens (tertiary/aromatic N) is 3. The maximum Gasteiger partial charge on any atom is 0.250 e. The van der Waals surface area contributed by atoms with Gasteiger partial charge in [0.05, 0.1) is 0 Å². The summed E-state index contributed by atoms with van der Waals surface area (Å²) >= 11 is 0. The van der Waals surface area contributed by atoms with Gasteiger partial charge in [0.1, 0.15) is 0 Å². The lowest BCUT2D eigenvalue weighted by atomic mass is 10.00. The lowest BCUT2D eigenvalue weighted by molar-refractivity contribution is 0.277. The minimum atomic E-state index is 0. The molecule has 1 saturated heterocycles. The van der Waals surface area contributed by atoms with E-state index in [1.54, 1.807) is 16.7 Å². The predicted octanol–water partition coefficient (Wildman–Crippen LogP) is 2.29. The number of aliphatic imine (C=N–C) groups is 1. The van der Waals surface area contributed by atoms with Crippen molar-refractivity contribution in [1.82, 2.24) is 9.47 Å². The molecule has 0 spiro atoms. The van der Waals surface area contributed by atoms with Crippen LogP contribution in [0.15, 0.2) is 34.2 Å². The molecular weight excluding hydrogens is 391 g/mol. The lowest BCUT2D eigenvalue weighted by Crippen LogP contribution is -2.42. The molecule has 124 valence electrons. The molecule has 1 aromatic heterocycles. The Morgan fingerprint density at radius 1 is 1.32 bits per heavy atom. The second kappa shape index (κ2) is 9.86. The summed E-state index contributed by atoms with van der Waals surface area (Å²) in [5, 5.41) is 0. The Morgan fingerprint density at radius 2 is 2.05 bits per heavy atom. The highest BCUT2D eigenvalue weighted by Gasteiger charge is 2.16. The maximum absolute atomic E-state index is 11.5. The molecular formula is C16H27IN4O. The molecule has 1 aliphatic rings. The van der Waals surface area contributed by atoms with E-state index in [1.165, 1.54) is 12.8 Å². The Morgan fingerprint density at radius 3 is 2.73 bits per heavy atom. The van der Waals surface area contributed by atoms with Gasteiger partial charge in [-0.15, -0.1) is 24.0 Å². The zero-order valence-corrected chi connectivity index (χ0v) is 15.6. The first-order valence-electron chi connectivity index (χ1n) is 7.87. The van der Waals surface area contributed by atoms with Gasteiger partial charge in [0.25, 0.3) is 0 Å². The van der Waals surface area contributed by atoms with Gasteiger partial charge in [-0.2, -0.15) is 0 Å². The van der Waals surface area contributed by atoms with E-state index >= 15 is 0 Å². The average molecular weight is 418 g/mol. The normalized spacial score (nSPS) is 16.4. The van der Waals surface area contributed by atoms with Crippen LogP contribution in [0, 0.1) is 5.92 Å². The van der Waals surface area contributed by atoms with Gasteiger partial charge in [-0.05, 0) is 37.7 Å². The largest absolute Gasteiger partial charge is 0.370 e. The number of aromatic nitrogens is 1. The first-order chi connectivity index (χ1) is 10.2. The van der Waals surface area contributed by atoms with E-state index in [0.717, 1.165) is 44.9 Å². The van der Waals surface area contributed by atoms with Crippen LogP contribution < -0.4 is 11.3 Å². The second-order valence-electron chi connectivity index (χ2n) is 5.85. The first kappa shape index (κ1) is 19.0. The number of halogens is 1. The van der Waals surface area contributed by atoms with E-state index in [2.05, 4.69) is 16.8 Å². The molecule has 6 heteroatoms. The molecule has 22 heavy (non-hydrogen) atoms. The first-order valence-corrected chi connectivity index (χ1v) is 7.87. The summed E-state index contributed by atoms with van der Waals surface area (Å²) in [6.45, 7) is 5.82. The zero-order valence-electron chi connectivity index (χ0n) is 13.3. The molecule has 0 aliphatic carbocycles. The summed E-state index contributed by atoms with van der Waals surface area (Å²) in [5.41, 5.74) is 6.09. The molecule has 0 saturated carbocycles. The molecule has 5 nitrogen and oxygen atoms in total. The van der Waals surface area contributed by atoms with Crippen LogP contribution in [0.3, 0.4) is 0 Å². The number of nitrogens with two attached hydrogens (primary N) is 1. The van der Waals surface area contributed by atoms with Crippen molar-refractivity contribution in [2.24, 2.45) is 16.6 Å². The van der Waals surface area contributed by atoms with Crippen molar-refractivity contribution < 1.29 is 0 Å². The third-order valence-corrected chi connectivity index (χ3v) is 4.09. The Balaban J connectivity index is 0.00000242. The zero-order chi connectivity index (χ0) is 15.1. The molecule has 0 amide bonds. The number of hydrogen-bond acceptors (Lipinski definition) is 2. The van der Waals surface area contributed by atoms with Crippen molar-refractivity contribution in [2.75, 3.05) is 19.6 Å². The fraction of sp³-hybridized carbons (Fsp3) is 0.625. The minimum Gasteiger partial charge on any atom is -0.370 e. The number of unbranched alkanes of at least 4 members (excludes halogenated alkanes) is 1. The quantitative estimate of drug-likeness (QED) is 0.346. The van der Waals surface area contributed by atoms with Gasteiger partial charge < -0.3 is 15.2 Å². The smallest absolute Gasteiger partial charge is 0.250 e. The van der Waals surface area contributed by atoms with Gasteiger partial charge in [0.2, 0.25) is 5.56 Å². The fourth-order valence-electron chi connectivity index (χ4n) is 2.57. The van der Waals surface area contributed by atoms with Gasteiger partial charge in [-0.3, -0.25) is 9.79 Å². The van der Waals surface area contributed by atoms with Gasteiger partial charge in [-0.1, -0.05) is 13.0 Å². The number of pyridine rings is 1. The van der Waals surface area contributed by atoms with Gasteiger partial charge in [0.15, 0.2) is 5.96 Å². The van der Waals surface area contributed by atoms with Crippen molar-refractivity contribution in [1.29, 1.82) is 0 Å². The fourth-order valence-corrected chi connectivity index (χ4v) is 2.57. The summed E-state index contributed by atoms with van der Waals surface area (Å²) < 4.78 is 1.74. The lowest BCUT2D eigenvalue weighted by Gasteiger charge is -2.31. The molecule has 2 N–H and O–H groups in total. The summed E-state index contributed by atoms with van der Waals surface area (Å²) in [5.74, 6) is 1.48. The predicted molar refractivity (Wildman–Crippen MR) is 102 cm³/mol. The van der Waals surface area contributed by atoms with Crippen LogP contribution >= 0.6 is 24.0 Å². The van der Waals surface area contributed by atoms with Crippen molar-refractivity contribution in [3.8, 4) is 0 Å². The van der Waals surface area contributed by atoms with E-state index in [0.29, 0.717) is 5.96 Å². The summed E-state index contributed by atoms with van der Waals surface area (Å²) in [4.78, 5) is 18.2. The summed E-state index contributed by atoms with van der Waals surface area (Å²) in [6, 6.07) is 5.24. The van der Waals surface area contributed by atoms with Crippen molar-refractivity contribution in [3.05, 3.63) is 34.7 Å². The SMILES string of the molecule is CC1CCN(C(N)=NCCCCn2ccccc2=O)CC1.I. The molecule has 1 aromatic rings. The standard InChI is InChI=1S/C16H26N4O.HI/c1-14-7-12-20(13-8-14)16(17)18-9-3-5-11-19-10-4-2-6-15(19)21;/h2,4,6,10,14H,3,5,7-9,11-13H2,1H3,(H2,17,18);1H. The van der Waals surface area contributed by atoms with Gasteiger partial charge in [0, 0.05) is 38.4 Å². The number of likely N-dealkylation sites (tertiary alicyclic amines) is 1.